The van der Waals surface area contributed by atoms with Crippen molar-refractivity contribution in [3.63, 3.8) is 0 Å². The number of aromatic hydroxyl groups is 1. The van der Waals surface area contributed by atoms with Crippen LogP contribution in [0.25, 0.3) is 0 Å². The van der Waals surface area contributed by atoms with Crippen LogP contribution in [0.4, 0.5) is 0 Å². The van der Waals surface area contributed by atoms with Gasteiger partial charge in [0.1, 0.15) is 23.3 Å². The van der Waals surface area contributed by atoms with Crippen LogP contribution >= 0.6 is 22.6 Å². The van der Waals surface area contributed by atoms with Gasteiger partial charge in [-0.1, -0.05) is 6.07 Å². The second kappa shape index (κ2) is 7.46. The Morgan fingerprint density at radius 3 is 2.55 bits per heavy atom. The molecule has 0 saturated heterocycles. The van der Waals surface area contributed by atoms with Gasteiger partial charge in [0.2, 0.25) is 0 Å². The molecular weight excluding hydrogens is 397 g/mol. The highest BCUT2D eigenvalue weighted by Crippen LogP contribution is 2.28. The van der Waals surface area contributed by atoms with E-state index in [0.717, 1.165) is 9.13 Å². The fourth-order valence-corrected chi connectivity index (χ4v) is 2.57. The van der Waals surface area contributed by atoms with E-state index >= 15 is 0 Å². The minimum atomic E-state index is -0.676. The number of carbonyl (C=O) groups excluding carboxylic acids is 1. The molecule has 3 N–H and O–H groups in total. The minimum Gasteiger partial charge on any atom is -0.508 e. The van der Waals surface area contributed by atoms with Gasteiger partial charge in [-0.15, -0.1) is 0 Å². The molecule has 0 bridgehead atoms. The highest BCUT2D eigenvalue weighted by molar-refractivity contribution is 14.1. The summed E-state index contributed by atoms with van der Waals surface area (Å²) in [5.74, 6) is 1.09. The Balaban J connectivity index is 2.09. The molecule has 0 amide bonds. The molecule has 1 atom stereocenters. The van der Waals surface area contributed by atoms with E-state index in [1.54, 1.807) is 24.3 Å². The number of benzene rings is 2. The summed E-state index contributed by atoms with van der Waals surface area (Å²) in [6.45, 7) is 0. The lowest BCUT2D eigenvalue weighted by Gasteiger charge is -2.12. The number of phenols is 1. The van der Waals surface area contributed by atoms with Crippen LogP contribution < -0.4 is 10.5 Å². The number of methoxy groups -OCH3 is 1. The number of ether oxygens (including phenoxy) is 2. The van der Waals surface area contributed by atoms with Crippen LogP contribution in [0.1, 0.15) is 5.56 Å². The van der Waals surface area contributed by atoms with Gasteiger partial charge in [0.25, 0.3) is 0 Å². The SMILES string of the molecule is COC(=O)C(N)Cc1ccc(Oc2ccc(O)cc2)c(I)c1. The first-order valence-corrected chi connectivity index (χ1v) is 7.66. The van der Waals surface area contributed by atoms with E-state index < -0.39 is 12.0 Å². The van der Waals surface area contributed by atoms with Crippen molar-refractivity contribution < 1.29 is 19.4 Å². The molecule has 116 valence electrons. The fraction of sp³-hybridized carbons (Fsp3) is 0.188. The minimum absolute atomic E-state index is 0.189. The molecular formula is C16H16INO4. The molecule has 0 spiro atoms. The zero-order valence-electron chi connectivity index (χ0n) is 12.0. The van der Waals surface area contributed by atoms with E-state index in [9.17, 15) is 9.90 Å². The maximum Gasteiger partial charge on any atom is 0.322 e. The van der Waals surface area contributed by atoms with Crippen molar-refractivity contribution >= 4 is 28.6 Å². The molecule has 2 aromatic rings. The Morgan fingerprint density at radius 2 is 1.95 bits per heavy atom. The first-order chi connectivity index (χ1) is 10.5. The van der Waals surface area contributed by atoms with Crippen LogP contribution in [0.15, 0.2) is 42.5 Å². The van der Waals surface area contributed by atoms with Gasteiger partial charge in [-0.3, -0.25) is 4.79 Å². The third kappa shape index (κ3) is 4.35. The molecule has 0 aliphatic carbocycles. The lowest BCUT2D eigenvalue weighted by molar-refractivity contribution is -0.142. The van der Waals surface area contributed by atoms with E-state index in [0.29, 0.717) is 17.9 Å². The van der Waals surface area contributed by atoms with Crippen molar-refractivity contribution in [3.8, 4) is 17.2 Å². The molecule has 2 aromatic carbocycles. The van der Waals surface area contributed by atoms with Gasteiger partial charge in [0.05, 0.1) is 10.7 Å². The zero-order valence-corrected chi connectivity index (χ0v) is 14.1. The average Bonchev–Trinajstić information content (AvgIpc) is 2.51. The topological polar surface area (TPSA) is 81.8 Å². The maximum absolute atomic E-state index is 11.3. The standard InChI is InChI=1S/C16H16INO4/c1-21-16(20)14(18)9-10-2-7-15(13(17)8-10)22-12-5-3-11(19)4-6-12/h2-8,14,19H,9,18H2,1H3. The van der Waals surface area contributed by atoms with Crippen LogP contribution in [-0.4, -0.2) is 24.2 Å². The van der Waals surface area contributed by atoms with Gasteiger partial charge in [-0.25, -0.2) is 0 Å². The van der Waals surface area contributed by atoms with Gasteiger partial charge in [-0.05, 0) is 71.0 Å². The van der Waals surface area contributed by atoms with E-state index in [4.69, 9.17) is 10.5 Å². The molecule has 1 unspecified atom stereocenters. The third-order valence-electron chi connectivity index (χ3n) is 3.02. The van der Waals surface area contributed by atoms with Crippen molar-refractivity contribution in [3.05, 3.63) is 51.6 Å². The molecule has 6 heteroatoms. The van der Waals surface area contributed by atoms with E-state index in [2.05, 4.69) is 27.3 Å². The molecule has 0 aliphatic rings. The highest BCUT2D eigenvalue weighted by Gasteiger charge is 2.15. The van der Waals surface area contributed by atoms with Crippen molar-refractivity contribution in [1.29, 1.82) is 0 Å². The lowest BCUT2D eigenvalue weighted by Crippen LogP contribution is -2.33. The average molecular weight is 413 g/mol. The Kier molecular flexibility index (Phi) is 5.62. The summed E-state index contributed by atoms with van der Waals surface area (Å²) in [6.07, 6.45) is 0.405. The Hall–Kier alpha value is -1.80. The predicted octanol–water partition coefficient (Wildman–Crippen LogP) is 2.83. The molecule has 0 aromatic heterocycles. The summed E-state index contributed by atoms with van der Waals surface area (Å²) in [5.41, 5.74) is 6.68. The summed E-state index contributed by atoms with van der Waals surface area (Å²) in [5, 5.41) is 9.26. The summed E-state index contributed by atoms with van der Waals surface area (Å²) in [7, 11) is 1.32. The Bertz CT molecular complexity index is 658. The normalized spacial score (nSPS) is 11.8. The Labute approximate surface area is 142 Å². The predicted molar refractivity (Wildman–Crippen MR) is 91.0 cm³/mol. The number of rotatable bonds is 5. The van der Waals surface area contributed by atoms with Gasteiger partial charge >= 0.3 is 5.97 Å². The number of hydrogen-bond acceptors (Lipinski definition) is 5. The molecule has 2 rings (SSSR count). The number of phenolic OH excluding ortho intramolecular Hbond substituents is 1. The first kappa shape index (κ1) is 16.6. The van der Waals surface area contributed by atoms with Gasteiger partial charge in [0, 0.05) is 0 Å². The van der Waals surface area contributed by atoms with Gasteiger partial charge < -0.3 is 20.3 Å². The molecule has 22 heavy (non-hydrogen) atoms. The van der Waals surface area contributed by atoms with E-state index in [1.165, 1.54) is 7.11 Å². The second-order valence-corrected chi connectivity index (χ2v) is 5.86. The number of esters is 1. The smallest absolute Gasteiger partial charge is 0.322 e. The van der Waals surface area contributed by atoms with Crippen molar-refractivity contribution in [1.82, 2.24) is 0 Å². The lowest BCUT2D eigenvalue weighted by atomic mass is 10.1. The molecule has 0 radical (unpaired) electrons. The molecule has 0 aliphatic heterocycles. The zero-order chi connectivity index (χ0) is 16.1. The molecule has 0 fully saturated rings. The van der Waals surface area contributed by atoms with Crippen LogP contribution in [0.5, 0.6) is 17.2 Å². The van der Waals surface area contributed by atoms with E-state index in [1.807, 2.05) is 18.2 Å². The largest absolute Gasteiger partial charge is 0.508 e. The van der Waals surface area contributed by atoms with Gasteiger partial charge in [0.15, 0.2) is 0 Å². The van der Waals surface area contributed by atoms with Crippen molar-refractivity contribution in [2.75, 3.05) is 7.11 Å². The summed E-state index contributed by atoms with van der Waals surface area (Å²) >= 11 is 2.16. The molecule has 0 saturated carbocycles. The van der Waals surface area contributed by atoms with Crippen molar-refractivity contribution in [2.45, 2.75) is 12.5 Å². The second-order valence-electron chi connectivity index (χ2n) is 4.69. The van der Waals surface area contributed by atoms with Crippen LogP contribution in [0.3, 0.4) is 0 Å². The van der Waals surface area contributed by atoms with Gasteiger partial charge in [-0.2, -0.15) is 0 Å². The number of nitrogens with two attached hydrogens (primary N) is 1. The summed E-state index contributed by atoms with van der Waals surface area (Å²) in [6, 6.07) is 11.4. The summed E-state index contributed by atoms with van der Waals surface area (Å²) in [4.78, 5) is 11.3. The summed E-state index contributed by atoms with van der Waals surface area (Å²) < 4.78 is 11.3. The fourth-order valence-electron chi connectivity index (χ4n) is 1.88. The quantitative estimate of drug-likeness (QED) is 0.582. The number of hydrogen-bond donors (Lipinski definition) is 2. The number of halogens is 1. The van der Waals surface area contributed by atoms with Crippen LogP contribution in [0, 0.1) is 3.57 Å². The molecule has 0 heterocycles. The third-order valence-corrected chi connectivity index (χ3v) is 3.86. The first-order valence-electron chi connectivity index (χ1n) is 6.58. The number of carbonyl (C=O) groups is 1. The highest BCUT2D eigenvalue weighted by atomic mass is 127. The monoisotopic (exact) mass is 413 g/mol. The van der Waals surface area contributed by atoms with Crippen LogP contribution in [-0.2, 0) is 16.0 Å². The Morgan fingerprint density at radius 1 is 1.27 bits per heavy atom. The maximum atomic E-state index is 11.3. The molecule has 5 nitrogen and oxygen atoms in total. The van der Waals surface area contributed by atoms with Crippen LogP contribution in [0.2, 0.25) is 0 Å². The van der Waals surface area contributed by atoms with E-state index in [-0.39, 0.29) is 5.75 Å². The van der Waals surface area contributed by atoms with Crippen molar-refractivity contribution in [2.24, 2.45) is 5.73 Å².